The summed E-state index contributed by atoms with van der Waals surface area (Å²) >= 11 is 0. The fourth-order valence-electron chi connectivity index (χ4n) is 2.96. The van der Waals surface area contributed by atoms with Crippen molar-refractivity contribution in [1.29, 1.82) is 0 Å². The highest BCUT2D eigenvalue weighted by molar-refractivity contribution is 5.67. The van der Waals surface area contributed by atoms with Crippen LogP contribution >= 0.6 is 0 Å². The van der Waals surface area contributed by atoms with Crippen molar-refractivity contribution in [2.24, 2.45) is 5.92 Å². The van der Waals surface area contributed by atoms with Crippen LogP contribution in [0.4, 0.5) is 4.79 Å². The lowest BCUT2D eigenvalue weighted by atomic mass is 9.92. The monoisotopic (exact) mass is 355 g/mol. The van der Waals surface area contributed by atoms with Crippen molar-refractivity contribution in [3.8, 4) is 16.9 Å². The van der Waals surface area contributed by atoms with Gasteiger partial charge in [-0.15, -0.1) is 0 Å². The minimum atomic E-state index is -1.03. The van der Waals surface area contributed by atoms with Crippen LogP contribution in [0.1, 0.15) is 25.8 Å². The summed E-state index contributed by atoms with van der Waals surface area (Å²) in [7, 11) is 0. The van der Waals surface area contributed by atoms with Crippen LogP contribution in [0.5, 0.6) is 5.75 Å². The maximum atomic E-state index is 10.9. The number of nitrogens with one attached hydrogen (secondary N) is 1. The van der Waals surface area contributed by atoms with E-state index in [0.29, 0.717) is 12.5 Å². The van der Waals surface area contributed by atoms with E-state index in [4.69, 9.17) is 14.6 Å². The van der Waals surface area contributed by atoms with Gasteiger partial charge in [-0.1, -0.05) is 36.4 Å². The molecule has 0 atom stereocenters. The molecule has 0 saturated carbocycles. The van der Waals surface area contributed by atoms with Crippen LogP contribution in [-0.2, 0) is 10.3 Å². The normalized spacial score (nSPS) is 14.5. The van der Waals surface area contributed by atoms with Gasteiger partial charge in [-0.25, -0.2) is 4.79 Å². The van der Waals surface area contributed by atoms with E-state index in [1.54, 1.807) is 0 Å². The number of amides is 1. The van der Waals surface area contributed by atoms with E-state index in [9.17, 15) is 4.79 Å². The Balaban J connectivity index is 1.60. The van der Waals surface area contributed by atoms with E-state index < -0.39 is 11.6 Å². The number of hydrogen-bond acceptors (Lipinski definition) is 3. The average Bonchev–Trinajstić information content (AvgIpc) is 2.57. The van der Waals surface area contributed by atoms with Crippen molar-refractivity contribution >= 4 is 6.09 Å². The topological polar surface area (TPSA) is 67.8 Å². The van der Waals surface area contributed by atoms with Gasteiger partial charge < -0.3 is 19.9 Å². The molecular weight excluding hydrogens is 330 g/mol. The molecular formula is C21H25NO4. The number of ether oxygens (including phenoxy) is 2. The van der Waals surface area contributed by atoms with E-state index in [1.807, 2.05) is 62.4 Å². The van der Waals surface area contributed by atoms with Crippen molar-refractivity contribution in [3.63, 3.8) is 0 Å². The first-order chi connectivity index (χ1) is 12.4. The highest BCUT2D eigenvalue weighted by Crippen LogP contribution is 2.26. The Labute approximate surface area is 153 Å². The lowest BCUT2D eigenvalue weighted by molar-refractivity contribution is -0.0401. The molecule has 0 aromatic heterocycles. The standard InChI is InChI=1S/C21H25NO4/c1-21(2,22-20(23)24)18-7-3-16(4-8-18)17-5-9-19(10-6-17)26-12-11-15-13-25-14-15/h3-10,15,22H,11-14H2,1-2H3,(H,23,24). The Hall–Kier alpha value is -2.53. The van der Waals surface area contributed by atoms with E-state index in [0.717, 1.165) is 42.1 Å². The number of benzene rings is 2. The molecule has 0 aliphatic carbocycles. The molecule has 0 unspecified atom stereocenters. The van der Waals surface area contributed by atoms with Gasteiger partial charge in [0.25, 0.3) is 0 Å². The summed E-state index contributed by atoms with van der Waals surface area (Å²) in [5, 5.41) is 11.5. The van der Waals surface area contributed by atoms with E-state index in [-0.39, 0.29) is 0 Å². The molecule has 1 saturated heterocycles. The zero-order valence-corrected chi connectivity index (χ0v) is 15.2. The Bertz CT molecular complexity index is 734. The van der Waals surface area contributed by atoms with Gasteiger partial charge in [0.15, 0.2) is 0 Å². The summed E-state index contributed by atoms with van der Waals surface area (Å²) in [6.07, 6.45) is 0.00289. The maximum Gasteiger partial charge on any atom is 0.405 e. The van der Waals surface area contributed by atoms with Crippen LogP contribution in [0, 0.1) is 5.92 Å². The minimum Gasteiger partial charge on any atom is -0.494 e. The van der Waals surface area contributed by atoms with Gasteiger partial charge in [0.2, 0.25) is 0 Å². The van der Waals surface area contributed by atoms with Gasteiger partial charge in [-0.05, 0) is 49.1 Å². The first-order valence-corrected chi connectivity index (χ1v) is 8.87. The molecule has 2 aromatic carbocycles. The maximum absolute atomic E-state index is 10.9. The summed E-state index contributed by atoms with van der Waals surface area (Å²) in [6.45, 7) is 6.12. The van der Waals surface area contributed by atoms with Crippen molar-refractivity contribution < 1.29 is 19.4 Å². The van der Waals surface area contributed by atoms with E-state index >= 15 is 0 Å². The first kappa shape index (κ1) is 18.3. The number of hydrogen-bond donors (Lipinski definition) is 2. The second-order valence-corrected chi connectivity index (χ2v) is 7.20. The Morgan fingerprint density at radius 1 is 1.12 bits per heavy atom. The molecule has 5 heteroatoms. The molecule has 1 aliphatic rings. The van der Waals surface area contributed by atoms with Crippen LogP contribution in [0.25, 0.3) is 11.1 Å². The lowest BCUT2D eigenvalue weighted by Gasteiger charge is -2.25. The summed E-state index contributed by atoms with van der Waals surface area (Å²) in [4.78, 5) is 10.9. The van der Waals surface area contributed by atoms with Crippen LogP contribution < -0.4 is 10.1 Å². The quantitative estimate of drug-likeness (QED) is 0.778. The molecule has 2 aromatic rings. The number of carbonyl (C=O) groups is 1. The van der Waals surface area contributed by atoms with Gasteiger partial charge in [0, 0.05) is 5.92 Å². The third kappa shape index (κ3) is 4.55. The molecule has 1 aliphatic heterocycles. The van der Waals surface area contributed by atoms with Crippen molar-refractivity contribution in [1.82, 2.24) is 5.32 Å². The second kappa shape index (κ2) is 7.79. The van der Waals surface area contributed by atoms with Gasteiger partial charge >= 0.3 is 6.09 Å². The van der Waals surface area contributed by atoms with E-state index in [1.165, 1.54) is 0 Å². The third-order valence-corrected chi connectivity index (χ3v) is 4.72. The molecule has 26 heavy (non-hydrogen) atoms. The van der Waals surface area contributed by atoms with Crippen LogP contribution in [0.15, 0.2) is 48.5 Å². The van der Waals surface area contributed by atoms with E-state index in [2.05, 4.69) is 5.32 Å². The summed E-state index contributed by atoms with van der Waals surface area (Å²) in [5.74, 6) is 1.52. The van der Waals surface area contributed by atoms with Crippen molar-refractivity contribution in [3.05, 3.63) is 54.1 Å². The Morgan fingerprint density at radius 2 is 1.69 bits per heavy atom. The van der Waals surface area contributed by atoms with Gasteiger partial charge in [-0.2, -0.15) is 0 Å². The fraction of sp³-hybridized carbons (Fsp3) is 0.381. The SMILES string of the molecule is CC(C)(NC(=O)O)c1ccc(-c2ccc(OCCC3COC3)cc2)cc1. The predicted octanol–water partition coefficient (Wildman–Crippen LogP) is 4.27. The van der Waals surface area contributed by atoms with Gasteiger partial charge in [0.1, 0.15) is 5.75 Å². The minimum absolute atomic E-state index is 0.631. The fourth-order valence-corrected chi connectivity index (χ4v) is 2.96. The number of carboxylic acid groups (broad SMARTS) is 1. The van der Waals surface area contributed by atoms with Crippen molar-refractivity contribution in [2.75, 3.05) is 19.8 Å². The molecule has 2 N–H and O–H groups in total. The smallest absolute Gasteiger partial charge is 0.405 e. The van der Waals surface area contributed by atoms with Crippen molar-refractivity contribution in [2.45, 2.75) is 25.8 Å². The zero-order valence-electron chi connectivity index (χ0n) is 15.2. The molecule has 0 radical (unpaired) electrons. The van der Waals surface area contributed by atoms with Crippen LogP contribution in [0.3, 0.4) is 0 Å². The third-order valence-electron chi connectivity index (χ3n) is 4.72. The van der Waals surface area contributed by atoms with Gasteiger partial charge in [-0.3, -0.25) is 0 Å². The molecule has 1 fully saturated rings. The second-order valence-electron chi connectivity index (χ2n) is 7.20. The average molecular weight is 355 g/mol. The Morgan fingerprint density at radius 3 is 2.19 bits per heavy atom. The molecule has 1 amide bonds. The molecule has 138 valence electrons. The molecule has 3 rings (SSSR count). The first-order valence-electron chi connectivity index (χ1n) is 8.87. The zero-order chi connectivity index (χ0) is 18.6. The van der Waals surface area contributed by atoms with Gasteiger partial charge in [0.05, 0.1) is 25.4 Å². The molecule has 5 nitrogen and oxygen atoms in total. The van der Waals surface area contributed by atoms with Crippen LogP contribution in [-0.4, -0.2) is 31.0 Å². The summed E-state index contributed by atoms with van der Waals surface area (Å²) < 4.78 is 10.9. The largest absolute Gasteiger partial charge is 0.494 e. The molecule has 0 spiro atoms. The lowest BCUT2D eigenvalue weighted by Crippen LogP contribution is -2.39. The summed E-state index contributed by atoms with van der Waals surface area (Å²) in [5.41, 5.74) is 2.47. The van der Waals surface area contributed by atoms with Crippen LogP contribution in [0.2, 0.25) is 0 Å². The predicted molar refractivity (Wildman–Crippen MR) is 100 cm³/mol. The molecule has 1 heterocycles. The Kier molecular flexibility index (Phi) is 5.47. The highest BCUT2D eigenvalue weighted by Gasteiger charge is 2.22. The summed E-state index contributed by atoms with van der Waals surface area (Å²) in [6, 6.07) is 16.0. The molecule has 0 bridgehead atoms. The highest BCUT2D eigenvalue weighted by atomic mass is 16.5. The number of rotatable bonds is 7.